The Morgan fingerprint density at radius 3 is 2.85 bits per heavy atom. The third-order valence-corrected chi connectivity index (χ3v) is 3.86. The van der Waals surface area contributed by atoms with Crippen molar-refractivity contribution in [2.24, 2.45) is 5.73 Å². The third-order valence-electron chi connectivity index (χ3n) is 3.53. The molecule has 0 aromatic heterocycles. The maximum absolute atomic E-state index is 14.2. The first kappa shape index (κ1) is 13.4. The van der Waals surface area contributed by atoms with E-state index in [1.807, 2.05) is 24.3 Å². The number of ether oxygens (including phenoxy) is 1. The van der Waals surface area contributed by atoms with Gasteiger partial charge in [0.2, 0.25) is 0 Å². The Hall–Kier alpha value is -1.58. The summed E-state index contributed by atoms with van der Waals surface area (Å²) in [5.74, 6) is 0.0243. The molecule has 0 radical (unpaired) electrons. The smallest absolute Gasteiger partial charge is 0.165 e. The maximum Gasteiger partial charge on any atom is 0.165 e. The van der Waals surface area contributed by atoms with Gasteiger partial charge in [0, 0.05) is 22.6 Å². The van der Waals surface area contributed by atoms with E-state index in [1.165, 1.54) is 6.07 Å². The molecule has 2 aromatic rings. The van der Waals surface area contributed by atoms with Gasteiger partial charge < -0.3 is 10.5 Å². The molecule has 0 aliphatic carbocycles. The Morgan fingerprint density at radius 2 is 2.10 bits per heavy atom. The van der Waals surface area contributed by atoms with Gasteiger partial charge in [-0.25, -0.2) is 4.39 Å². The molecule has 1 atom stereocenters. The maximum atomic E-state index is 14.2. The van der Waals surface area contributed by atoms with Crippen molar-refractivity contribution >= 4 is 11.6 Å². The van der Waals surface area contributed by atoms with Crippen LogP contribution < -0.4 is 10.5 Å². The van der Waals surface area contributed by atoms with Gasteiger partial charge in [0.25, 0.3) is 0 Å². The predicted molar refractivity (Wildman–Crippen MR) is 78.6 cm³/mol. The van der Waals surface area contributed by atoms with Crippen molar-refractivity contribution in [2.45, 2.75) is 18.9 Å². The highest BCUT2D eigenvalue weighted by Gasteiger charge is 2.26. The summed E-state index contributed by atoms with van der Waals surface area (Å²) in [6, 6.07) is 10.9. The first-order valence-corrected chi connectivity index (χ1v) is 7.01. The van der Waals surface area contributed by atoms with Gasteiger partial charge in [0.1, 0.15) is 6.10 Å². The Balaban J connectivity index is 2.00. The molecule has 2 aromatic carbocycles. The SMILES string of the molecule is NCCC1Cc2cc(-c3ccccc3Cl)cc(F)c2O1. The van der Waals surface area contributed by atoms with Crippen molar-refractivity contribution in [1.82, 2.24) is 0 Å². The van der Waals surface area contributed by atoms with E-state index in [1.54, 1.807) is 6.07 Å². The summed E-state index contributed by atoms with van der Waals surface area (Å²) in [4.78, 5) is 0. The van der Waals surface area contributed by atoms with Crippen LogP contribution in [0.25, 0.3) is 11.1 Å². The molecule has 104 valence electrons. The first-order valence-electron chi connectivity index (χ1n) is 6.63. The van der Waals surface area contributed by atoms with Crippen molar-refractivity contribution in [2.75, 3.05) is 6.54 Å². The van der Waals surface area contributed by atoms with Crippen LogP contribution in [0.3, 0.4) is 0 Å². The van der Waals surface area contributed by atoms with Gasteiger partial charge in [0.15, 0.2) is 11.6 Å². The third kappa shape index (κ3) is 2.39. The van der Waals surface area contributed by atoms with Crippen molar-refractivity contribution in [3.8, 4) is 16.9 Å². The second kappa shape index (κ2) is 5.43. The van der Waals surface area contributed by atoms with Crippen LogP contribution in [0.1, 0.15) is 12.0 Å². The predicted octanol–water partition coefficient (Wildman–Crippen LogP) is 3.80. The van der Waals surface area contributed by atoms with E-state index in [9.17, 15) is 4.39 Å². The van der Waals surface area contributed by atoms with Crippen LogP contribution >= 0.6 is 11.6 Å². The lowest BCUT2D eigenvalue weighted by molar-refractivity contribution is 0.216. The monoisotopic (exact) mass is 291 g/mol. The lowest BCUT2D eigenvalue weighted by Gasteiger charge is -2.09. The minimum absolute atomic E-state index is 0.0222. The standard InChI is InChI=1S/C16H15ClFNO/c17-14-4-2-1-3-13(14)10-7-11-8-12(5-6-19)20-16(11)15(18)9-10/h1-4,7,9,12H,5-6,8,19H2. The fraction of sp³-hybridized carbons (Fsp3) is 0.250. The lowest BCUT2D eigenvalue weighted by Crippen LogP contribution is -2.17. The molecule has 0 fully saturated rings. The van der Waals surface area contributed by atoms with Crippen LogP contribution in [0.15, 0.2) is 36.4 Å². The summed E-state index contributed by atoms with van der Waals surface area (Å²) in [6.07, 6.45) is 1.41. The summed E-state index contributed by atoms with van der Waals surface area (Å²) in [6.45, 7) is 0.539. The summed E-state index contributed by atoms with van der Waals surface area (Å²) in [7, 11) is 0. The molecule has 0 saturated heterocycles. The largest absolute Gasteiger partial charge is 0.487 e. The summed E-state index contributed by atoms with van der Waals surface area (Å²) < 4.78 is 19.8. The molecule has 0 saturated carbocycles. The Kier molecular flexibility index (Phi) is 3.64. The van der Waals surface area contributed by atoms with Crippen LogP contribution in [0.4, 0.5) is 4.39 Å². The van der Waals surface area contributed by atoms with E-state index >= 15 is 0 Å². The number of halogens is 2. The van der Waals surface area contributed by atoms with E-state index in [2.05, 4.69) is 0 Å². The van der Waals surface area contributed by atoms with Gasteiger partial charge in [0.05, 0.1) is 0 Å². The summed E-state index contributed by atoms with van der Waals surface area (Å²) >= 11 is 6.17. The average molecular weight is 292 g/mol. The molecule has 1 unspecified atom stereocenters. The molecular weight excluding hydrogens is 277 g/mol. The van der Waals surface area contributed by atoms with Crippen LogP contribution in [-0.4, -0.2) is 12.6 Å². The van der Waals surface area contributed by atoms with E-state index in [0.29, 0.717) is 23.7 Å². The molecule has 1 aliphatic rings. The van der Waals surface area contributed by atoms with Gasteiger partial charge in [-0.05, 0) is 36.7 Å². The van der Waals surface area contributed by atoms with Crippen molar-refractivity contribution < 1.29 is 9.13 Å². The Morgan fingerprint density at radius 1 is 1.30 bits per heavy atom. The van der Waals surface area contributed by atoms with E-state index in [0.717, 1.165) is 23.1 Å². The van der Waals surface area contributed by atoms with Gasteiger partial charge in [-0.15, -0.1) is 0 Å². The zero-order chi connectivity index (χ0) is 14.1. The van der Waals surface area contributed by atoms with Gasteiger partial charge in [-0.3, -0.25) is 0 Å². The highest BCUT2D eigenvalue weighted by molar-refractivity contribution is 6.33. The molecule has 4 heteroatoms. The first-order chi connectivity index (χ1) is 9.69. The zero-order valence-electron chi connectivity index (χ0n) is 10.9. The number of hydrogen-bond acceptors (Lipinski definition) is 2. The number of nitrogens with two attached hydrogens (primary N) is 1. The van der Waals surface area contributed by atoms with Crippen LogP contribution in [0.2, 0.25) is 5.02 Å². The van der Waals surface area contributed by atoms with Crippen LogP contribution in [0.5, 0.6) is 5.75 Å². The molecule has 0 spiro atoms. The molecule has 0 bridgehead atoms. The quantitative estimate of drug-likeness (QED) is 0.933. The molecule has 2 N–H and O–H groups in total. The lowest BCUT2D eigenvalue weighted by atomic mass is 10.00. The Bertz CT molecular complexity index is 644. The second-order valence-electron chi connectivity index (χ2n) is 4.95. The number of rotatable bonds is 3. The van der Waals surface area contributed by atoms with E-state index in [4.69, 9.17) is 22.1 Å². The summed E-state index contributed by atoms with van der Waals surface area (Å²) in [5.41, 5.74) is 8.03. The topological polar surface area (TPSA) is 35.2 Å². The highest BCUT2D eigenvalue weighted by atomic mass is 35.5. The zero-order valence-corrected chi connectivity index (χ0v) is 11.7. The normalized spacial score (nSPS) is 16.9. The summed E-state index contributed by atoms with van der Waals surface area (Å²) in [5, 5.41) is 0.615. The van der Waals surface area contributed by atoms with E-state index in [-0.39, 0.29) is 11.9 Å². The van der Waals surface area contributed by atoms with Gasteiger partial charge >= 0.3 is 0 Å². The number of hydrogen-bond donors (Lipinski definition) is 1. The van der Waals surface area contributed by atoms with Crippen molar-refractivity contribution in [3.05, 3.63) is 52.8 Å². The molecular formula is C16H15ClFNO. The minimum atomic E-state index is -0.336. The average Bonchev–Trinajstić information content (AvgIpc) is 2.83. The number of benzene rings is 2. The molecule has 20 heavy (non-hydrogen) atoms. The van der Waals surface area contributed by atoms with Crippen molar-refractivity contribution in [1.29, 1.82) is 0 Å². The molecule has 2 nitrogen and oxygen atoms in total. The molecule has 1 aliphatic heterocycles. The van der Waals surface area contributed by atoms with Gasteiger partial charge in [-0.2, -0.15) is 0 Å². The van der Waals surface area contributed by atoms with Gasteiger partial charge in [-0.1, -0.05) is 29.8 Å². The molecule has 1 heterocycles. The fourth-order valence-electron chi connectivity index (χ4n) is 2.59. The van der Waals surface area contributed by atoms with Crippen LogP contribution in [-0.2, 0) is 6.42 Å². The molecule has 3 rings (SSSR count). The Labute approximate surface area is 122 Å². The fourth-order valence-corrected chi connectivity index (χ4v) is 2.83. The highest BCUT2D eigenvalue weighted by Crippen LogP contribution is 2.38. The van der Waals surface area contributed by atoms with Crippen molar-refractivity contribution in [3.63, 3.8) is 0 Å². The second-order valence-corrected chi connectivity index (χ2v) is 5.35. The van der Waals surface area contributed by atoms with Crippen LogP contribution in [0, 0.1) is 5.82 Å². The number of fused-ring (bicyclic) bond motifs is 1. The molecule has 0 amide bonds. The van der Waals surface area contributed by atoms with E-state index < -0.39 is 0 Å². The minimum Gasteiger partial charge on any atom is -0.487 e.